The monoisotopic (exact) mass is 718 g/mol. The highest BCUT2D eigenvalue weighted by Gasteiger charge is 2.39. The summed E-state index contributed by atoms with van der Waals surface area (Å²) in [6.07, 6.45) is 0. The van der Waals surface area contributed by atoms with Gasteiger partial charge >= 0.3 is 0 Å². The molecule has 1 aromatic heterocycles. The zero-order valence-electron chi connectivity index (χ0n) is 32.2. The molecule has 0 amide bonds. The van der Waals surface area contributed by atoms with Gasteiger partial charge in [0.25, 0.3) is 0 Å². The molecule has 268 valence electrons. The molecule has 0 aliphatic heterocycles. The third-order valence-electron chi connectivity index (χ3n) is 12.8. The molecule has 9 aromatic rings. The van der Waals surface area contributed by atoms with Crippen molar-refractivity contribution in [2.75, 3.05) is 4.90 Å². The summed E-state index contributed by atoms with van der Waals surface area (Å²) in [5.41, 5.74) is 20.0. The van der Waals surface area contributed by atoms with Crippen LogP contribution in [0.25, 0.3) is 60.9 Å². The second kappa shape index (κ2) is 11.9. The predicted molar refractivity (Wildman–Crippen MR) is 236 cm³/mol. The number of aromatic nitrogens is 1. The van der Waals surface area contributed by atoms with Gasteiger partial charge in [0.05, 0.1) is 22.4 Å². The second-order valence-corrected chi connectivity index (χ2v) is 16.5. The molecule has 0 saturated carbocycles. The average Bonchev–Trinajstić information content (AvgIpc) is 3.79. The maximum atomic E-state index is 2.53. The van der Waals surface area contributed by atoms with E-state index >= 15 is 0 Å². The molecule has 0 bridgehead atoms. The number of rotatable bonds is 5. The molecule has 0 fully saturated rings. The smallest absolute Gasteiger partial charge is 0.0543 e. The van der Waals surface area contributed by atoms with Crippen molar-refractivity contribution in [3.8, 4) is 39.1 Å². The van der Waals surface area contributed by atoms with Gasteiger partial charge in [-0.15, -0.1) is 0 Å². The van der Waals surface area contributed by atoms with Crippen LogP contribution in [0.5, 0.6) is 0 Å². The summed E-state index contributed by atoms with van der Waals surface area (Å²) in [6, 6.07) is 67.5. The fourth-order valence-corrected chi connectivity index (χ4v) is 10.1. The van der Waals surface area contributed by atoms with Crippen molar-refractivity contribution in [3.05, 3.63) is 204 Å². The minimum absolute atomic E-state index is 0.114. The highest BCUT2D eigenvalue weighted by Crippen LogP contribution is 2.56. The largest absolute Gasteiger partial charge is 0.309 e. The Kier molecular flexibility index (Phi) is 6.98. The lowest BCUT2D eigenvalue weighted by Gasteiger charge is -2.32. The summed E-state index contributed by atoms with van der Waals surface area (Å²) in [5, 5.41) is 2.54. The van der Waals surface area contributed by atoms with E-state index in [0.29, 0.717) is 0 Å². The molecule has 56 heavy (non-hydrogen) atoms. The number of para-hydroxylation sites is 3. The van der Waals surface area contributed by atoms with Gasteiger partial charge in [0.1, 0.15) is 0 Å². The fourth-order valence-electron chi connectivity index (χ4n) is 10.1. The number of nitrogens with zero attached hydrogens (tertiary/aromatic N) is 2. The van der Waals surface area contributed by atoms with Crippen molar-refractivity contribution in [3.63, 3.8) is 0 Å². The zero-order chi connectivity index (χ0) is 37.8. The topological polar surface area (TPSA) is 8.17 Å². The summed E-state index contributed by atoms with van der Waals surface area (Å²) in [6.45, 7) is 9.48. The number of hydrogen-bond acceptors (Lipinski definition) is 1. The quantitative estimate of drug-likeness (QED) is 0.172. The van der Waals surface area contributed by atoms with Gasteiger partial charge in [-0.3, -0.25) is 0 Å². The Morgan fingerprint density at radius 2 is 0.911 bits per heavy atom. The molecular formula is C54H42N2. The number of hydrogen-bond donors (Lipinski definition) is 0. The lowest BCUT2D eigenvalue weighted by atomic mass is 9.82. The summed E-state index contributed by atoms with van der Waals surface area (Å²) in [7, 11) is 0. The first-order chi connectivity index (χ1) is 27.3. The summed E-state index contributed by atoms with van der Waals surface area (Å²) in [4.78, 5) is 2.53. The predicted octanol–water partition coefficient (Wildman–Crippen LogP) is 14.5. The molecule has 2 aliphatic carbocycles. The first-order valence-corrected chi connectivity index (χ1v) is 19.8. The minimum Gasteiger partial charge on any atom is -0.309 e. The van der Waals surface area contributed by atoms with Crippen LogP contribution in [-0.2, 0) is 10.8 Å². The molecule has 8 aromatic carbocycles. The molecule has 0 saturated heterocycles. The standard InChI is InChI=1S/C54H42N2/c1-53(2)45-22-11-6-20-43(45)52-46(53)23-15-27-51(52)56(37-32-33-40-39-17-5-10-21-44(39)54(3,4)47(40)34-37)48-24-12-7-16-38(48)35-28-30-36(31-29-35)55-49-25-13-8-18-41(49)42-19-9-14-26-50(42)55/h5-34H,1-4H3. The zero-order valence-corrected chi connectivity index (χ0v) is 32.2. The van der Waals surface area contributed by atoms with Crippen LogP contribution in [0.2, 0.25) is 0 Å². The first kappa shape index (κ1) is 32.8. The van der Waals surface area contributed by atoms with Gasteiger partial charge < -0.3 is 9.47 Å². The van der Waals surface area contributed by atoms with Crippen molar-refractivity contribution < 1.29 is 0 Å². The number of fused-ring (bicyclic) bond motifs is 9. The molecule has 0 atom stereocenters. The van der Waals surface area contributed by atoms with Crippen LogP contribution in [0.4, 0.5) is 17.1 Å². The summed E-state index contributed by atoms with van der Waals surface area (Å²) < 4.78 is 2.39. The van der Waals surface area contributed by atoms with E-state index in [2.05, 4.69) is 219 Å². The summed E-state index contributed by atoms with van der Waals surface area (Å²) >= 11 is 0. The third-order valence-corrected chi connectivity index (χ3v) is 12.8. The average molecular weight is 719 g/mol. The van der Waals surface area contributed by atoms with Gasteiger partial charge in [-0.1, -0.05) is 161 Å². The Morgan fingerprint density at radius 1 is 0.393 bits per heavy atom. The molecule has 11 rings (SSSR count). The molecular weight excluding hydrogens is 677 g/mol. The molecule has 0 spiro atoms. The van der Waals surface area contributed by atoms with E-state index < -0.39 is 0 Å². The maximum Gasteiger partial charge on any atom is 0.0543 e. The lowest BCUT2D eigenvalue weighted by Crippen LogP contribution is -2.18. The van der Waals surface area contributed by atoms with Gasteiger partial charge in [0, 0.05) is 44.1 Å². The Hall–Kier alpha value is -6.64. The third kappa shape index (κ3) is 4.56. The summed E-state index contributed by atoms with van der Waals surface area (Å²) in [5.74, 6) is 0. The van der Waals surface area contributed by atoms with Crippen molar-refractivity contribution in [2.45, 2.75) is 38.5 Å². The first-order valence-electron chi connectivity index (χ1n) is 19.8. The molecule has 2 aliphatic rings. The second-order valence-electron chi connectivity index (χ2n) is 16.5. The Labute approximate surface area is 328 Å². The normalized spacial score (nSPS) is 14.4. The number of benzene rings is 8. The van der Waals surface area contributed by atoms with Gasteiger partial charge in [0.2, 0.25) is 0 Å². The van der Waals surface area contributed by atoms with Gasteiger partial charge in [0.15, 0.2) is 0 Å². The van der Waals surface area contributed by atoms with E-state index in [1.807, 2.05) is 0 Å². The van der Waals surface area contributed by atoms with Crippen LogP contribution in [0.1, 0.15) is 49.9 Å². The van der Waals surface area contributed by atoms with Crippen LogP contribution >= 0.6 is 0 Å². The van der Waals surface area contributed by atoms with Crippen LogP contribution in [0.3, 0.4) is 0 Å². The van der Waals surface area contributed by atoms with E-state index in [9.17, 15) is 0 Å². The molecule has 1 heterocycles. The SMILES string of the molecule is CC1(C)c2ccccc2-c2ccc(N(c3ccccc3-c3ccc(-n4c5ccccc5c5ccccc54)cc3)c3cccc4c3-c3ccccc3C4(C)C)cc21. The van der Waals surface area contributed by atoms with Crippen molar-refractivity contribution in [1.82, 2.24) is 4.57 Å². The van der Waals surface area contributed by atoms with Crippen LogP contribution in [0, 0.1) is 0 Å². The van der Waals surface area contributed by atoms with Crippen molar-refractivity contribution in [2.24, 2.45) is 0 Å². The van der Waals surface area contributed by atoms with Crippen LogP contribution in [0.15, 0.2) is 182 Å². The fraction of sp³-hybridized carbons (Fsp3) is 0.111. The van der Waals surface area contributed by atoms with E-state index in [4.69, 9.17) is 0 Å². The Balaban J connectivity index is 1.12. The van der Waals surface area contributed by atoms with Gasteiger partial charge in [-0.2, -0.15) is 0 Å². The van der Waals surface area contributed by atoms with Crippen LogP contribution in [-0.4, -0.2) is 4.57 Å². The van der Waals surface area contributed by atoms with E-state index in [0.717, 1.165) is 17.1 Å². The molecule has 2 heteroatoms. The highest BCUT2D eigenvalue weighted by atomic mass is 15.1. The molecule has 2 nitrogen and oxygen atoms in total. The van der Waals surface area contributed by atoms with Gasteiger partial charge in [-0.25, -0.2) is 0 Å². The number of anilines is 3. The van der Waals surface area contributed by atoms with Gasteiger partial charge in [-0.05, 0) is 93.0 Å². The minimum atomic E-state index is -0.122. The lowest BCUT2D eigenvalue weighted by molar-refractivity contribution is 0.660. The molecule has 0 radical (unpaired) electrons. The Bertz CT molecular complexity index is 2980. The van der Waals surface area contributed by atoms with E-state index in [-0.39, 0.29) is 10.8 Å². The maximum absolute atomic E-state index is 2.53. The molecule has 0 N–H and O–H groups in total. The van der Waals surface area contributed by atoms with Crippen molar-refractivity contribution >= 4 is 38.9 Å². The Morgan fingerprint density at radius 3 is 1.62 bits per heavy atom. The molecule has 0 unspecified atom stereocenters. The highest BCUT2D eigenvalue weighted by molar-refractivity contribution is 6.09. The van der Waals surface area contributed by atoms with E-state index in [1.54, 1.807) is 0 Å². The van der Waals surface area contributed by atoms with E-state index in [1.165, 1.54) is 83.1 Å². The van der Waals surface area contributed by atoms with Crippen molar-refractivity contribution in [1.29, 1.82) is 0 Å². The van der Waals surface area contributed by atoms with Crippen LogP contribution < -0.4 is 4.90 Å².